The number of esters is 2. The molecule has 7 rings (SSSR count). The maximum Gasteiger partial charge on any atom is 0.338 e. The number of carbonyl (C=O) groups excluding carboxylic acids is 2. The molecule has 0 atom stereocenters. The van der Waals surface area contributed by atoms with Crippen molar-refractivity contribution in [3.8, 4) is 22.3 Å². The summed E-state index contributed by atoms with van der Waals surface area (Å²) in [6.07, 6.45) is 7.31. The van der Waals surface area contributed by atoms with Gasteiger partial charge in [-0.2, -0.15) is 10.2 Å². The van der Waals surface area contributed by atoms with Crippen molar-refractivity contribution in [1.82, 2.24) is 0 Å². The lowest BCUT2D eigenvalue weighted by Gasteiger charge is -2.08. The van der Waals surface area contributed by atoms with E-state index in [0.29, 0.717) is 47.2 Å². The minimum atomic E-state index is -0.362. The third-order valence-electron chi connectivity index (χ3n) is 7.91. The number of allylic oxidation sites excluding steroid dienone is 4. The molecule has 8 heteroatoms. The predicted octanol–water partition coefficient (Wildman–Crippen LogP) is 7.21. The molecule has 0 amide bonds. The molecule has 0 aromatic heterocycles. The maximum atomic E-state index is 12.7. The Balaban J connectivity index is 1.19. The summed E-state index contributed by atoms with van der Waals surface area (Å²) < 4.78 is 10.6. The Hall–Kier alpha value is -6.02. The molecule has 3 aliphatic rings. The zero-order valence-corrected chi connectivity index (χ0v) is 25.2. The van der Waals surface area contributed by atoms with Crippen molar-refractivity contribution >= 4 is 34.8 Å². The molecule has 0 bridgehead atoms. The van der Waals surface area contributed by atoms with E-state index >= 15 is 0 Å². The van der Waals surface area contributed by atoms with Crippen molar-refractivity contribution < 1.29 is 19.1 Å². The minimum absolute atomic E-state index is 0.298. The van der Waals surface area contributed by atoms with Gasteiger partial charge < -0.3 is 9.47 Å². The van der Waals surface area contributed by atoms with E-state index in [4.69, 9.17) is 9.47 Å². The normalized spacial score (nSPS) is 15.3. The topological polar surface area (TPSA) is 102 Å². The second-order valence-corrected chi connectivity index (χ2v) is 10.6. The van der Waals surface area contributed by atoms with Gasteiger partial charge in [0.2, 0.25) is 0 Å². The Labute approximate surface area is 265 Å². The standard InChI is InChI=1S/C38H28N4O4/c1-3-45-37(43)31-17-9-15-29-33(31)25-11-5-7-13-27(25)35(29)41-39-23-19-21-24(22-20-23)40-42-36-28-14-8-6-12-26(28)34-30(36)16-10-18-32(34)38(44)46-4-2/h5-22H,3-4H2,1-2H3/b39-23?,40-24?,41-35+,42-36+. The summed E-state index contributed by atoms with van der Waals surface area (Å²) in [5.41, 5.74) is 10.6. The van der Waals surface area contributed by atoms with Crippen LogP contribution in [-0.4, -0.2) is 48.0 Å². The van der Waals surface area contributed by atoms with Crippen molar-refractivity contribution in [3.05, 3.63) is 143 Å². The van der Waals surface area contributed by atoms with Gasteiger partial charge in [0.1, 0.15) is 11.4 Å². The first kappa shape index (κ1) is 28.7. The largest absolute Gasteiger partial charge is 0.462 e. The third-order valence-corrected chi connectivity index (χ3v) is 7.91. The molecule has 0 saturated carbocycles. The van der Waals surface area contributed by atoms with Crippen LogP contribution in [0.25, 0.3) is 22.3 Å². The molecule has 8 nitrogen and oxygen atoms in total. The Bertz CT molecular complexity index is 1950. The molecule has 224 valence electrons. The molecule has 4 aromatic carbocycles. The summed E-state index contributed by atoms with van der Waals surface area (Å²) in [5, 5.41) is 18.3. The lowest BCUT2D eigenvalue weighted by atomic mass is 9.99. The van der Waals surface area contributed by atoms with Crippen LogP contribution in [0.5, 0.6) is 0 Å². The van der Waals surface area contributed by atoms with Gasteiger partial charge in [0.05, 0.1) is 35.8 Å². The Morgan fingerprint density at radius 3 is 1.24 bits per heavy atom. The fourth-order valence-corrected chi connectivity index (χ4v) is 5.96. The lowest BCUT2D eigenvalue weighted by molar-refractivity contribution is 0.0517. The van der Waals surface area contributed by atoms with E-state index in [-0.39, 0.29) is 11.9 Å². The number of carbonyl (C=O) groups is 2. The number of nitrogens with zero attached hydrogens (tertiary/aromatic N) is 4. The first-order chi connectivity index (χ1) is 22.6. The van der Waals surface area contributed by atoms with Crippen LogP contribution in [0, 0.1) is 0 Å². The van der Waals surface area contributed by atoms with Gasteiger partial charge in [-0.15, -0.1) is 10.2 Å². The van der Waals surface area contributed by atoms with Gasteiger partial charge in [0.25, 0.3) is 0 Å². The lowest BCUT2D eigenvalue weighted by Crippen LogP contribution is -2.07. The molecule has 0 fully saturated rings. The molecule has 4 aromatic rings. The zero-order valence-electron chi connectivity index (χ0n) is 25.2. The molecule has 0 radical (unpaired) electrons. The summed E-state index contributed by atoms with van der Waals surface area (Å²) in [4.78, 5) is 25.5. The summed E-state index contributed by atoms with van der Waals surface area (Å²) in [5.74, 6) is -0.724. The van der Waals surface area contributed by atoms with Crippen LogP contribution in [0.2, 0.25) is 0 Å². The van der Waals surface area contributed by atoms with Crippen molar-refractivity contribution in [2.75, 3.05) is 13.2 Å². The molecule has 0 saturated heterocycles. The first-order valence-corrected chi connectivity index (χ1v) is 15.1. The first-order valence-electron chi connectivity index (χ1n) is 15.1. The van der Waals surface area contributed by atoms with E-state index in [0.717, 1.165) is 44.5 Å². The van der Waals surface area contributed by atoms with Crippen molar-refractivity contribution in [3.63, 3.8) is 0 Å². The van der Waals surface area contributed by atoms with Crippen LogP contribution in [0.15, 0.2) is 130 Å². The number of rotatable bonds is 6. The molecule has 0 heterocycles. The maximum absolute atomic E-state index is 12.7. The van der Waals surface area contributed by atoms with Gasteiger partial charge in [0.15, 0.2) is 0 Å². The second kappa shape index (κ2) is 12.2. The van der Waals surface area contributed by atoms with Crippen LogP contribution in [0.3, 0.4) is 0 Å². The Morgan fingerprint density at radius 2 is 0.848 bits per heavy atom. The van der Waals surface area contributed by atoms with Gasteiger partial charge >= 0.3 is 11.9 Å². The highest BCUT2D eigenvalue weighted by atomic mass is 16.5. The average Bonchev–Trinajstić information content (AvgIpc) is 3.59. The van der Waals surface area contributed by atoms with Crippen LogP contribution in [0.1, 0.15) is 56.8 Å². The van der Waals surface area contributed by atoms with Crippen molar-refractivity contribution in [2.24, 2.45) is 20.4 Å². The monoisotopic (exact) mass is 604 g/mol. The van der Waals surface area contributed by atoms with Crippen LogP contribution in [0.4, 0.5) is 0 Å². The molecular formula is C38H28N4O4. The second-order valence-electron chi connectivity index (χ2n) is 10.6. The third kappa shape index (κ3) is 4.99. The summed E-state index contributed by atoms with van der Waals surface area (Å²) in [6.45, 7) is 4.18. The number of ether oxygens (including phenoxy) is 2. The number of fused-ring (bicyclic) bond motifs is 6. The Kier molecular flexibility index (Phi) is 7.60. The zero-order chi connectivity index (χ0) is 31.6. The highest BCUT2D eigenvalue weighted by molar-refractivity contribution is 6.28. The smallest absolute Gasteiger partial charge is 0.338 e. The van der Waals surface area contributed by atoms with Gasteiger partial charge in [-0.3, -0.25) is 0 Å². The van der Waals surface area contributed by atoms with Gasteiger partial charge in [-0.1, -0.05) is 72.8 Å². The SMILES string of the molecule is CCOC(=O)c1cccc2c1-c1ccccc1/C2=N\N=C1C=CC(=N/N=C2\c3ccccc3-c3c(C(=O)OCC)cccc32)C=C1. The highest BCUT2D eigenvalue weighted by Gasteiger charge is 2.31. The van der Waals surface area contributed by atoms with E-state index in [1.807, 2.05) is 97.1 Å². The van der Waals surface area contributed by atoms with Gasteiger partial charge in [0, 0.05) is 33.4 Å². The van der Waals surface area contributed by atoms with E-state index in [1.165, 1.54) is 0 Å². The fraction of sp³-hybridized carbons (Fsp3) is 0.105. The molecular weight excluding hydrogens is 576 g/mol. The number of hydrogen-bond acceptors (Lipinski definition) is 8. The van der Waals surface area contributed by atoms with Crippen LogP contribution >= 0.6 is 0 Å². The summed E-state index contributed by atoms with van der Waals surface area (Å²) in [7, 11) is 0. The molecule has 0 N–H and O–H groups in total. The fourth-order valence-electron chi connectivity index (χ4n) is 5.96. The van der Waals surface area contributed by atoms with E-state index in [2.05, 4.69) is 20.4 Å². The number of benzene rings is 4. The average molecular weight is 605 g/mol. The molecule has 0 aliphatic heterocycles. The minimum Gasteiger partial charge on any atom is -0.462 e. The van der Waals surface area contributed by atoms with Gasteiger partial charge in [-0.05, 0) is 61.4 Å². The predicted molar refractivity (Wildman–Crippen MR) is 180 cm³/mol. The van der Waals surface area contributed by atoms with E-state index < -0.39 is 0 Å². The van der Waals surface area contributed by atoms with E-state index in [9.17, 15) is 9.59 Å². The van der Waals surface area contributed by atoms with Crippen LogP contribution < -0.4 is 0 Å². The molecule has 3 aliphatic carbocycles. The Morgan fingerprint density at radius 1 is 0.478 bits per heavy atom. The quantitative estimate of drug-likeness (QED) is 0.114. The van der Waals surface area contributed by atoms with E-state index in [1.54, 1.807) is 26.0 Å². The molecule has 0 unspecified atom stereocenters. The van der Waals surface area contributed by atoms with Crippen molar-refractivity contribution in [2.45, 2.75) is 13.8 Å². The molecule has 46 heavy (non-hydrogen) atoms. The summed E-state index contributed by atoms with van der Waals surface area (Å²) in [6, 6.07) is 26.8. The summed E-state index contributed by atoms with van der Waals surface area (Å²) >= 11 is 0. The highest BCUT2D eigenvalue weighted by Crippen LogP contribution is 2.41. The van der Waals surface area contributed by atoms with Crippen LogP contribution in [-0.2, 0) is 9.47 Å². The van der Waals surface area contributed by atoms with Crippen molar-refractivity contribution in [1.29, 1.82) is 0 Å². The molecule has 0 spiro atoms. The number of hydrogen-bond donors (Lipinski definition) is 0. The van der Waals surface area contributed by atoms with Gasteiger partial charge in [-0.25, -0.2) is 9.59 Å².